The minimum atomic E-state index is 0.544. The molecule has 0 fully saturated rings. The molecule has 0 spiro atoms. The molecule has 17 heavy (non-hydrogen) atoms. The van der Waals surface area contributed by atoms with Gasteiger partial charge >= 0.3 is 0 Å². The first-order valence-electron chi connectivity index (χ1n) is 4.91. The Kier molecular flexibility index (Phi) is 3.87. The molecule has 2 aromatic rings. The van der Waals surface area contributed by atoms with Crippen molar-refractivity contribution in [2.45, 2.75) is 0 Å². The van der Waals surface area contributed by atoms with Gasteiger partial charge < -0.3 is 5.32 Å². The van der Waals surface area contributed by atoms with Crippen LogP contribution in [0.15, 0.2) is 42.5 Å². The minimum Gasteiger partial charge on any atom is -0.354 e. The summed E-state index contributed by atoms with van der Waals surface area (Å²) in [6.45, 7) is 0. The lowest BCUT2D eigenvalue weighted by atomic mass is 10.2. The fourth-order valence-corrected chi connectivity index (χ4v) is 1.96. The maximum absolute atomic E-state index is 8.74. The Bertz CT molecular complexity index is 573. The summed E-state index contributed by atoms with van der Waals surface area (Å²) in [6, 6.07) is 15.2. The zero-order chi connectivity index (χ0) is 12.3. The predicted molar refractivity (Wildman–Crippen MR) is 78.6 cm³/mol. The molecule has 0 atom stereocenters. The molecule has 0 unspecified atom stereocenters. The van der Waals surface area contributed by atoms with E-state index in [1.54, 1.807) is 18.2 Å². The summed E-state index contributed by atoms with van der Waals surface area (Å²) < 4.78 is 1.18. The number of benzene rings is 2. The Morgan fingerprint density at radius 1 is 1.12 bits per heavy atom. The van der Waals surface area contributed by atoms with Gasteiger partial charge in [0.15, 0.2) is 0 Å². The fourth-order valence-electron chi connectivity index (χ4n) is 1.37. The van der Waals surface area contributed by atoms with Crippen molar-refractivity contribution in [3.8, 4) is 6.07 Å². The van der Waals surface area contributed by atoms with E-state index in [0.29, 0.717) is 10.6 Å². The second kappa shape index (κ2) is 5.39. The number of rotatable bonds is 2. The van der Waals surface area contributed by atoms with E-state index in [9.17, 15) is 0 Å². The van der Waals surface area contributed by atoms with E-state index in [1.165, 1.54) is 3.57 Å². The zero-order valence-corrected chi connectivity index (χ0v) is 11.7. The summed E-state index contributed by atoms with van der Waals surface area (Å²) in [6.07, 6.45) is 0. The number of halogens is 2. The lowest BCUT2D eigenvalue weighted by Crippen LogP contribution is -1.91. The molecule has 0 aliphatic carbocycles. The van der Waals surface area contributed by atoms with Gasteiger partial charge in [-0.25, -0.2) is 0 Å². The number of nitrogens with one attached hydrogen (secondary N) is 1. The van der Waals surface area contributed by atoms with Crippen LogP contribution in [0.4, 0.5) is 11.4 Å². The average molecular weight is 355 g/mol. The zero-order valence-electron chi connectivity index (χ0n) is 8.74. The molecule has 0 saturated carbocycles. The molecule has 2 nitrogen and oxygen atoms in total. The molecular formula is C13H8ClIN2. The van der Waals surface area contributed by atoms with Gasteiger partial charge in [-0.2, -0.15) is 5.26 Å². The van der Waals surface area contributed by atoms with Crippen LogP contribution in [-0.2, 0) is 0 Å². The topological polar surface area (TPSA) is 35.8 Å². The average Bonchev–Trinajstić information content (AvgIpc) is 2.34. The van der Waals surface area contributed by atoms with Crippen molar-refractivity contribution in [3.63, 3.8) is 0 Å². The molecule has 0 bridgehead atoms. The maximum Gasteiger partial charge on any atom is 0.0992 e. The van der Waals surface area contributed by atoms with Gasteiger partial charge in [-0.1, -0.05) is 11.6 Å². The second-order valence-corrected chi connectivity index (χ2v) is 5.09. The molecule has 0 radical (unpaired) electrons. The normalized spacial score (nSPS) is 9.71. The maximum atomic E-state index is 8.74. The first kappa shape index (κ1) is 12.2. The summed E-state index contributed by atoms with van der Waals surface area (Å²) in [7, 11) is 0. The van der Waals surface area contributed by atoms with Crippen LogP contribution in [0.3, 0.4) is 0 Å². The van der Waals surface area contributed by atoms with Crippen molar-refractivity contribution in [3.05, 3.63) is 56.6 Å². The molecular weight excluding hydrogens is 347 g/mol. The molecule has 0 aliphatic heterocycles. The third-order valence-corrected chi connectivity index (χ3v) is 3.25. The molecule has 2 aromatic carbocycles. The van der Waals surface area contributed by atoms with Crippen LogP contribution < -0.4 is 5.32 Å². The third-order valence-electron chi connectivity index (χ3n) is 2.22. The number of nitrogens with zero attached hydrogens (tertiary/aromatic N) is 1. The van der Waals surface area contributed by atoms with E-state index in [1.807, 2.05) is 24.3 Å². The Balaban J connectivity index is 2.25. The standard InChI is InChI=1S/C13H8ClIN2/c14-12-7-9(8-16)1-6-13(12)17-11-4-2-10(15)3-5-11/h1-7,17H. The molecule has 0 heterocycles. The van der Waals surface area contributed by atoms with Gasteiger partial charge in [0.1, 0.15) is 0 Å². The van der Waals surface area contributed by atoms with Gasteiger partial charge in [-0.15, -0.1) is 0 Å². The van der Waals surface area contributed by atoms with Gasteiger partial charge in [0, 0.05) is 9.26 Å². The summed E-state index contributed by atoms with van der Waals surface area (Å²) in [5.41, 5.74) is 2.33. The summed E-state index contributed by atoms with van der Waals surface area (Å²) in [5, 5.41) is 12.5. The monoisotopic (exact) mass is 354 g/mol. The first-order chi connectivity index (χ1) is 8.19. The Labute approximate surface area is 118 Å². The van der Waals surface area contributed by atoms with E-state index in [0.717, 1.165) is 11.4 Å². The quantitative estimate of drug-likeness (QED) is 0.803. The van der Waals surface area contributed by atoms with Gasteiger partial charge in [-0.3, -0.25) is 0 Å². The largest absolute Gasteiger partial charge is 0.354 e. The van der Waals surface area contributed by atoms with Crippen molar-refractivity contribution in [1.82, 2.24) is 0 Å². The van der Waals surface area contributed by atoms with Gasteiger partial charge in [0.2, 0.25) is 0 Å². The molecule has 0 saturated heterocycles. The van der Waals surface area contributed by atoms with Crippen molar-refractivity contribution >= 4 is 45.6 Å². The highest BCUT2D eigenvalue weighted by molar-refractivity contribution is 14.1. The molecule has 0 aliphatic rings. The first-order valence-corrected chi connectivity index (χ1v) is 6.37. The Hall–Kier alpha value is -1.25. The van der Waals surface area contributed by atoms with Crippen molar-refractivity contribution < 1.29 is 0 Å². The molecule has 1 N–H and O–H groups in total. The Morgan fingerprint density at radius 2 is 1.82 bits per heavy atom. The fraction of sp³-hybridized carbons (Fsp3) is 0. The van der Waals surface area contributed by atoms with Crippen LogP contribution in [0.2, 0.25) is 5.02 Å². The number of hydrogen-bond acceptors (Lipinski definition) is 2. The smallest absolute Gasteiger partial charge is 0.0992 e. The minimum absolute atomic E-state index is 0.544. The molecule has 0 amide bonds. The van der Waals surface area contributed by atoms with E-state index in [4.69, 9.17) is 16.9 Å². The third kappa shape index (κ3) is 3.11. The molecule has 84 valence electrons. The van der Waals surface area contributed by atoms with Gasteiger partial charge in [-0.05, 0) is 65.1 Å². The number of hydrogen-bond donors (Lipinski definition) is 1. The Morgan fingerprint density at radius 3 is 2.41 bits per heavy atom. The lowest BCUT2D eigenvalue weighted by molar-refractivity contribution is 1.47. The van der Waals surface area contributed by atoms with Crippen LogP contribution >= 0.6 is 34.2 Å². The van der Waals surface area contributed by atoms with E-state index in [2.05, 4.69) is 34.0 Å². The molecule has 4 heteroatoms. The van der Waals surface area contributed by atoms with Crippen molar-refractivity contribution in [2.75, 3.05) is 5.32 Å². The highest BCUT2D eigenvalue weighted by Crippen LogP contribution is 2.26. The summed E-state index contributed by atoms with van der Waals surface area (Å²) in [5.74, 6) is 0. The molecule has 0 aromatic heterocycles. The number of anilines is 2. The van der Waals surface area contributed by atoms with Crippen LogP contribution in [0, 0.1) is 14.9 Å². The van der Waals surface area contributed by atoms with E-state index >= 15 is 0 Å². The highest BCUT2D eigenvalue weighted by atomic mass is 127. The summed E-state index contributed by atoms with van der Waals surface area (Å²) >= 11 is 8.33. The number of nitriles is 1. The van der Waals surface area contributed by atoms with Crippen LogP contribution in [-0.4, -0.2) is 0 Å². The van der Waals surface area contributed by atoms with Gasteiger partial charge in [0.25, 0.3) is 0 Å². The van der Waals surface area contributed by atoms with E-state index < -0.39 is 0 Å². The SMILES string of the molecule is N#Cc1ccc(Nc2ccc(I)cc2)c(Cl)c1. The van der Waals surface area contributed by atoms with E-state index in [-0.39, 0.29) is 0 Å². The predicted octanol–water partition coefficient (Wildman–Crippen LogP) is 4.56. The summed E-state index contributed by atoms with van der Waals surface area (Å²) in [4.78, 5) is 0. The van der Waals surface area contributed by atoms with Gasteiger partial charge in [0.05, 0.1) is 22.3 Å². The lowest BCUT2D eigenvalue weighted by Gasteiger charge is -2.08. The highest BCUT2D eigenvalue weighted by Gasteiger charge is 2.02. The van der Waals surface area contributed by atoms with Crippen LogP contribution in [0.5, 0.6) is 0 Å². The van der Waals surface area contributed by atoms with Crippen molar-refractivity contribution in [1.29, 1.82) is 5.26 Å². The van der Waals surface area contributed by atoms with Crippen LogP contribution in [0.25, 0.3) is 0 Å². The second-order valence-electron chi connectivity index (χ2n) is 3.44. The molecule has 2 rings (SSSR count). The van der Waals surface area contributed by atoms with Crippen molar-refractivity contribution in [2.24, 2.45) is 0 Å². The van der Waals surface area contributed by atoms with Crippen LogP contribution in [0.1, 0.15) is 5.56 Å².